The topological polar surface area (TPSA) is 35.5 Å². The number of hydrogen-bond acceptors (Lipinski definition) is 3. The predicted octanol–water partition coefficient (Wildman–Crippen LogP) is 4.30. The maximum atomic E-state index is 11.7. The molecule has 27 heavy (non-hydrogen) atoms. The normalized spacial score (nSPS) is 22.7. The van der Waals surface area contributed by atoms with E-state index in [0.29, 0.717) is 6.04 Å². The first kappa shape index (κ1) is 18.9. The number of aliphatic hydroxyl groups is 1. The Hall–Kier alpha value is -1.42. The molecule has 2 aromatic rings. The van der Waals surface area contributed by atoms with Crippen molar-refractivity contribution in [3.05, 3.63) is 48.0 Å². The molecule has 1 atom stereocenters. The van der Waals surface area contributed by atoms with Gasteiger partial charge in [0.25, 0.3) is 0 Å². The second-order valence-electron chi connectivity index (χ2n) is 8.65. The van der Waals surface area contributed by atoms with Crippen molar-refractivity contribution < 1.29 is 5.11 Å². The number of nitrogens with one attached hydrogen (secondary N) is 1. The average molecular weight is 367 g/mol. The van der Waals surface area contributed by atoms with Gasteiger partial charge >= 0.3 is 0 Å². The second kappa shape index (κ2) is 8.30. The maximum Gasteiger partial charge on any atom is 0.0728 e. The molecule has 2 aromatic carbocycles. The molecule has 2 N–H and O–H groups in total. The number of likely N-dealkylation sites (tertiary alicyclic amines) is 1. The van der Waals surface area contributed by atoms with Crippen molar-refractivity contribution in [2.24, 2.45) is 0 Å². The van der Waals surface area contributed by atoms with Crippen LogP contribution in [0.2, 0.25) is 0 Å². The van der Waals surface area contributed by atoms with E-state index in [0.717, 1.165) is 45.3 Å². The van der Waals surface area contributed by atoms with Crippen molar-refractivity contribution in [3.63, 3.8) is 0 Å². The number of piperidine rings is 1. The molecular formula is C24H34N2O. The van der Waals surface area contributed by atoms with E-state index in [1.165, 1.54) is 35.6 Å². The monoisotopic (exact) mass is 366 g/mol. The quantitative estimate of drug-likeness (QED) is 0.828. The lowest BCUT2D eigenvalue weighted by molar-refractivity contribution is -0.0322. The molecule has 2 aliphatic rings. The van der Waals surface area contributed by atoms with Crippen molar-refractivity contribution in [1.29, 1.82) is 0 Å². The minimum Gasteiger partial charge on any atom is -0.389 e. The van der Waals surface area contributed by atoms with E-state index in [1.807, 2.05) is 0 Å². The Labute approximate surface area is 163 Å². The van der Waals surface area contributed by atoms with E-state index in [4.69, 9.17) is 0 Å². The molecule has 2 fully saturated rings. The minimum atomic E-state index is -0.567. The van der Waals surface area contributed by atoms with Crippen LogP contribution in [0.5, 0.6) is 0 Å². The van der Waals surface area contributed by atoms with Gasteiger partial charge in [0.2, 0.25) is 0 Å². The van der Waals surface area contributed by atoms with Crippen LogP contribution in [-0.4, -0.2) is 48.3 Å². The highest BCUT2D eigenvalue weighted by atomic mass is 16.3. The third-order valence-corrected chi connectivity index (χ3v) is 7.00. The zero-order valence-electron chi connectivity index (χ0n) is 16.7. The van der Waals surface area contributed by atoms with Gasteiger partial charge in [-0.3, -0.25) is 0 Å². The first-order valence-corrected chi connectivity index (χ1v) is 10.8. The van der Waals surface area contributed by atoms with Crippen LogP contribution in [0.15, 0.2) is 42.5 Å². The minimum absolute atomic E-state index is 0.190. The van der Waals surface area contributed by atoms with Gasteiger partial charge in [-0.25, -0.2) is 0 Å². The fraction of sp³-hybridized carbons (Fsp3) is 0.583. The van der Waals surface area contributed by atoms with E-state index >= 15 is 0 Å². The summed E-state index contributed by atoms with van der Waals surface area (Å²) in [6.07, 6.45) is 7.85. The van der Waals surface area contributed by atoms with E-state index < -0.39 is 5.60 Å². The first-order valence-electron chi connectivity index (χ1n) is 10.8. The Morgan fingerprint density at radius 1 is 1.04 bits per heavy atom. The summed E-state index contributed by atoms with van der Waals surface area (Å²) in [5, 5.41) is 17.8. The highest BCUT2D eigenvalue weighted by Gasteiger charge is 2.40. The van der Waals surface area contributed by atoms with Crippen LogP contribution in [0.3, 0.4) is 0 Å². The fourth-order valence-corrected chi connectivity index (χ4v) is 5.29. The van der Waals surface area contributed by atoms with E-state index in [2.05, 4.69) is 59.7 Å². The van der Waals surface area contributed by atoms with Crippen molar-refractivity contribution in [2.45, 2.75) is 62.5 Å². The third kappa shape index (κ3) is 4.06. The summed E-state index contributed by atoms with van der Waals surface area (Å²) in [6.45, 7) is 3.23. The Balaban J connectivity index is 1.66. The molecule has 1 saturated carbocycles. The van der Waals surface area contributed by atoms with Gasteiger partial charge in [-0.2, -0.15) is 0 Å². The van der Waals surface area contributed by atoms with Crippen molar-refractivity contribution in [3.8, 4) is 0 Å². The van der Waals surface area contributed by atoms with Crippen molar-refractivity contribution in [1.82, 2.24) is 10.2 Å². The fourth-order valence-electron chi connectivity index (χ4n) is 5.29. The molecule has 1 aliphatic carbocycles. The summed E-state index contributed by atoms with van der Waals surface area (Å²) in [5.74, 6) is 0.190. The van der Waals surface area contributed by atoms with Crippen LogP contribution >= 0.6 is 0 Å². The standard InChI is InChI=1S/C24H34N2O/c1-25-20-12-16-26(17-13-20)18-23(24(27)14-5-2-6-15-24)22-11-7-9-19-8-3-4-10-21(19)22/h3-4,7-11,20,23,25,27H,2,5-6,12-18H2,1H3. The number of hydrogen-bond donors (Lipinski definition) is 2. The molecule has 4 rings (SSSR count). The lowest BCUT2D eigenvalue weighted by atomic mass is 9.71. The summed E-state index contributed by atoms with van der Waals surface area (Å²) in [7, 11) is 2.07. The lowest BCUT2D eigenvalue weighted by Gasteiger charge is -2.43. The van der Waals surface area contributed by atoms with Crippen LogP contribution < -0.4 is 5.32 Å². The van der Waals surface area contributed by atoms with Crippen molar-refractivity contribution >= 4 is 10.8 Å². The highest BCUT2D eigenvalue weighted by Crippen LogP contribution is 2.42. The predicted molar refractivity (Wildman–Crippen MR) is 113 cm³/mol. The molecule has 1 saturated heterocycles. The first-order chi connectivity index (χ1) is 13.2. The summed E-state index contributed by atoms with van der Waals surface area (Å²) in [5.41, 5.74) is 0.774. The largest absolute Gasteiger partial charge is 0.389 e. The molecular weight excluding hydrogens is 332 g/mol. The van der Waals surface area contributed by atoms with Crippen LogP contribution in [0.25, 0.3) is 10.8 Å². The van der Waals surface area contributed by atoms with Gasteiger partial charge in [0, 0.05) is 18.5 Å². The molecule has 1 heterocycles. The lowest BCUT2D eigenvalue weighted by Crippen LogP contribution is -2.48. The Morgan fingerprint density at radius 2 is 1.74 bits per heavy atom. The van der Waals surface area contributed by atoms with Gasteiger partial charge in [-0.05, 0) is 62.2 Å². The Kier molecular flexibility index (Phi) is 5.82. The van der Waals surface area contributed by atoms with Crippen molar-refractivity contribution in [2.75, 3.05) is 26.7 Å². The highest BCUT2D eigenvalue weighted by molar-refractivity contribution is 5.86. The van der Waals surface area contributed by atoms with E-state index in [1.54, 1.807) is 0 Å². The number of fused-ring (bicyclic) bond motifs is 1. The molecule has 0 bridgehead atoms. The maximum absolute atomic E-state index is 11.7. The Bertz CT molecular complexity index is 740. The summed E-state index contributed by atoms with van der Waals surface area (Å²) >= 11 is 0. The molecule has 0 spiro atoms. The van der Waals surface area contributed by atoms with Gasteiger partial charge in [0.15, 0.2) is 0 Å². The average Bonchev–Trinajstić information content (AvgIpc) is 2.72. The zero-order valence-corrected chi connectivity index (χ0v) is 16.7. The molecule has 1 unspecified atom stereocenters. The van der Waals surface area contributed by atoms with Gasteiger partial charge < -0.3 is 15.3 Å². The number of benzene rings is 2. The SMILES string of the molecule is CNC1CCN(CC(c2cccc3ccccc23)C2(O)CCCCC2)CC1. The smallest absolute Gasteiger partial charge is 0.0728 e. The Morgan fingerprint density at radius 3 is 2.48 bits per heavy atom. The van der Waals surface area contributed by atoms with Gasteiger partial charge in [-0.1, -0.05) is 61.7 Å². The number of nitrogens with zero attached hydrogens (tertiary/aromatic N) is 1. The molecule has 0 radical (unpaired) electrons. The molecule has 1 aliphatic heterocycles. The van der Waals surface area contributed by atoms with Crippen LogP contribution in [0.1, 0.15) is 56.4 Å². The van der Waals surface area contributed by atoms with Crippen LogP contribution in [0.4, 0.5) is 0 Å². The summed E-state index contributed by atoms with van der Waals surface area (Å²) in [6, 6.07) is 15.9. The molecule has 146 valence electrons. The van der Waals surface area contributed by atoms with Gasteiger partial charge in [0.1, 0.15) is 0 Å². The van der Waals surface area contributed by atoms with E-state index in [9.17, 15) is 5.11 Å². The zero-order chi connectivity index (χ0) is 18.7. The van der Waals surface area contributed by atoms with E-state index in [-0.39, 0.29) is 5.92 Å². The molecule has 3 heteroatoms. The third-order valence-electron chi connectivity index (χ3n) is 7.00. The molecule has 0 aromatic heterocycles. The summed E-state index contributed by atoms with van der Waals surface area (Å²) < 4.78 is 0. The number of rotatable bonds is 5. The van der Waals surface area contributed by atoms with Crippen LogP contribution in [0, 0.1) is 0 Å². The second-order valence-corrected chi connectivity index (χ2v) is 8.65. The van der Waals surface area contributed by atoms with Crippen LogP contribution in [-0.2, 0) is 0 Å². The molecule has 0 amide bonds. The van der Waals surface area contributed by atoms with Gasteiger partial charge in [0.05, 0.1) is 5.60 Å². The summed E-state index contributed by atoms with van der Waals surface area (Å²) in [4.78, 5) is 2.59. The van der Waals surface area contributed by atoms with Gasteiger partial charge in [-0.15, -0.1) is 0 Å². The molecule has 3 nitrogen and oxygen atoms in total.